The molecule has 1 heterocycles. The van der Waals surface area contributed by atoms with E-state index in [2.05, 4.69) is 9.97 Å². The lowest BCUT2D eigenvalue weighted by atomic mass is 10.1. The molecular formula is C17H12N2O3. The third-order valence-corrected chi connectivity index (χ3v) is 3.05. The third-order valence-electron chi connectivity index (χ3n) is 3.05. The fourth-order valence-electron chi connectivity index (χ4n) is 1.92. The number of carboxylic acids is 1. The number of hydrogen-bond donors (Lipinski definition) is 1. The van der Waals surface area contributed by atoms with Crippen molar-refractivity contribution in [3.63, 3.8) is 0 Å². The fourth-order valence-corrected chi connectivity index (χ4v) is 1.92. The van der Waals surface area contributed by atoms with Gasteiger partial charge in [0.05, 0.1) is 5.56 Å². The van der Waals surface area contributed by atoms with Gasteiger partial charge in [0.25, 0.3) is 0 Å². The quantitative estimate of drug-likeness (QED) is 0.795. The minimum absolute atomic E-state index is 0.244. The number of rotatable bonds is 4. The van der Waals surface area contributed by atoms with Crippen LogP contribution in [0, 0.1) is 0 Å². The Morgan fingerprint density at radius 1 is 0.864 bits per heavy atom. The van der Waals surface area contributed by atoms with E-state index in [1.165, 1.54) is 0 Å². The van der Waals surface area contributed by atoms with Gasteiger partial charge in [0, 0.05) is 18.0 Å². The summed E-state index contributed by atoms with van der Waals surface area (Å²) in [6, 6.07) is 16.1. The van der Waals surface area contributed by atoms with Crippen LogP contribution in [0.3, 0.4) is 0 Å². The van der Waals surface area contributed by atoms with Gasteiger partial charge in [0.2, 0.25) is 0 Å². The van der Waals surface area contributed by atoms with Gasteiger partial charge in [-0.2, -0.15) is 0 Å². The van der Waals surface area contributed by atoms with E-state index in [9.17, 15) is 4.79 Å². The van der Waals surface area contributed by atoms with Crippen LogP contribution in [-0.2, 0) is 0 Å². The summed E-state index contributed by atoms with van der Waals surface area (Å²) in [5.74, 6) is -0.282. The Morgan fingerprint density at radius 2 is 1.50 bits per heavy atom. The van der Waals surface area contributed by atoms with Crippen molar-refractivity contribution in [1.29, 1.82) is 0 Å². The molecule has 0 aliphatic rings. The average Bonchev–Trinajstić information content (AvgIpc) is 2.57. The molecule has 0 saturated carbocycles. The Morgan fingerprint density at radius 3 is 2.09 bits per heavy atom. The van der Waals surface area contributed by atoms with Crippen LogP contribution in [0.4, 0.5) is 0 Å². The summed E-state index contributed by atoms with van der Waals surface area (Å²) in [4.78, 5) is 19.1. The van der Waals surface area contributed by atoms with Crippen LogP contribution in [0.15, 0.2) is 67.0 Å². The van der Waals surface area contributed by atoms with Crippen molar-refractivity contribution in [3.05, 3.63) is 72.6 Å². The molecule has 22 heavy (non-hydrogen) atoms. The fraction of sp³-hybridized carbons (Fsp3) is 0. The highest BCUT2D eigenvalue weighted by Gasteiger charge is 2.05. The second-order valence-electron chi connectivity index (χ2n) is 4.55. The molecule has 0 unspecified atom stereocenters. The first kappa shape index (κ1) is 13.8. The molecular weight excluding hydrogens is 280 g/mol. The largest absolute Gasteiger partial charge is 0.478 e. The molecule has 0 fully saturated rings. The summed E-state index contributed by atoms with van der Waals surface area (Å²) < 4.78 is 5.52. The number of para-hydroxylation sites is 1. The summed E-state index contributed by atoms with van der Waals surface area (Å²) >= 11 is 0. The molecule has 1 N–H and O–H groups in total. The number of ether oxygens (including phenoxy) is 1. The van der Waals surface area contributed by atoms with Crippen molar-refractivity contribution in [2.75, 3.05) is 0 Å². The van der Waals surface area contributed by atoms with Gasteiger partial charge in [-0.05, 0) is 29.8 Å². The molecule has 5 nitrogen and oxygen atoms in total. The Kier molecular flexibility index (Phi) is 3.78. The minimum Gasteiger partial charge on any atom is -0.478 e. The zero-order valence-corrected chi connectivity index (χ0v) is 11.5. The first-order valence-electron chi connectivity index (χ1n) is 6.61. The Labute approximate surface area is 126 Å². The van der Waals surface area contributed by atoms with Crippen LogP contribution in [0.2, 0.25) is 0 Å². The van der Waals surface area contributed by atoms with Crippen LogP contribution < -0.4 is 4.74 Å². The third kappa shape index (κ3) is 3.09. The minimum atomic E-state index is -0.950. The molecule has 0 aliphatic carbocycles. The van der Waals surface area contributed by atoms with Gasteiger partial charge in [-0.3, -0.25) is 0 Å². The molecule has 3 rings (SSSR count). The number of carboxylic acid groups (broad SMARTS) is 1. The molecule has 1 aromatic heterocycles. The maximum Gasteiger partial charge on any atom is 0.335 e. The topological polar surface area (TPSA) is 72.3 Å². The Hall–Kier alpha value is -3.21. The average molecular weight is 292 g/mol. The molecule has 108 valence electrons. The monoisotopic (exact) mass is 292 g/mol. The molecule has 0 aliphatic heterocycles. The summed E-state index contributed by atoms with van der Waals surface area (Å²) in [5.41, 5.74) is 1.88. The van der Waals surface area contributed by atoms with Crippen molar-refractivity contribution >= 4 is 5.97 Å². The van der Waals surface area contributed by atoms with Crippen LogP contribution in [0.1, 0.15) is 10.4 Å². The standard InChI is InChI=1S/C17H12N2O3/c20-16(21)13-8-6-12(7-9-13)14-10-18-17(19-11-14)22-15-4-2-1-3-5-15/h1-11H,(H,20,21). The SMILES string of the molecule is O=C(O)c1ccc(-c2cnc(Oc3ccccc3)nc2)cc1. The molecule has 2 aromatic carbocycles. The summed E-state index contributed by atoms with van der Waals surface area (Å²) in [7, 11) is 0. The van der Waals surface area contributed by atoms with Crippen LogP contribution in [0.25, 0.3) is 11.1 Å². The number of aromatic carboxylic acids is 1. The van der Waals surface area contributed by atoms with Crippen LogP contribution in [0.5, 0.6) is 11.8 Å². The zero-order valence-electron chi connectivity index (χ0n) is 11.5. The first-order chi connectivity index (χ1) is 10.7. The predicted octanol–water partition coefficient (Wildman–Crippen LogP) is 3.63. The van der Waals surface area contributed by atoms with E-state index in [0.29, 0.717) is 5.75 Å². The lowest BCUT2D eigenvalue weighted by molar-refractivity contribution is 0.0697. The molecule has 0 bridgehead atoms. The zero-order chi connectivity index (χ0) is 15.4. The van der Waals surface area contributed by atoms with Crippen LogP contribution in [-0.4, -0.2) is 21.0 Å². The lowest BCUT2D eigenvalue weighted by Crippen LogP contribution is -1.95. The Bertz CT molecular complexity index is 769. The molecule has 0 saturated heterocycles. The maximum atomic E-state index is 10.8. The lowest BCUT2D eigenvalue weighted by Gasteiger charge is -2.05. The first-order valence-corrected chi connectivity index (χ1v) is 6.61. The van der Waals surface area contributed by atoms with Gasteiger partial charge in [0.1, 0.15) is 5.75 Å². The second-order valence-corrected chi connectivity index (χ2v) is 4.55. The van der Waals surface area contributed by atoms with E-state index in [4.69, 9.17) is 9.84 Å². The van der Waals surface area contributed by atoms with E-state index in [0.717, 1.165) is 11.1 Å². The summed E-state index contributed by atoms with van der Waals surface area (Å²) in [6.45, 7) is 0. The maximum absolute atomic E-state index is 10.8. The number of nitrogens with zero attached hydrogens (tertiary/aromatic N) is 2. The number of hydrogen-bond acceptors (Lipinski definition) is 4. The molecule has 5 heteroatoms. The summed E-state index contributed by atoms with van der Waals surface area (Å²) in [6.07, 6.45) is 3.28. The van der Waals surface area contributed by atoms with Crippen molar-refractivity contribution in [2.45, 2.75) is 0 Å². The normalized spacial score (nSPS) is 10.2. The molecule has 0 atom stereocenters. The van der Waals surface area contributed by atoms with Crippen molar-refractivity contribution in [3.8, 4) is 22.9 Å². The predicted molar refractivity (Wildman–Crippen MR) is 80.9 cm³/mol. The van der Waals surface area contributed by atoms with Gasteiger partial charge >= 0.3 is 12.0 Å². The van der Waals surface area contributed by atoms with E-state index in [-0.39, 0.29) is 11.6 Å². The van der Waals surface area contributed by atoms with E-state index >= 15 is 0 Å². The van der Waals surface area contributed by atoms with Crippen molar-refractivity contribution < 1.29 is 14.6 Å². The van der Waals surface area contributed by atoms with Crippen molar-refractivity contribution in [1.82, 2.24) is 9.97 Å². The van der Waals surface area contributed by atoms with Gasteiger partial charge in [-0.1, -0.05) is 30.3 Å². The highest BCUT2D eigenvalue weighted by molar-refractivity contribution is 5.88. The highest BCUT2D eigenvalue weighted by atomic mass is 16.5. The second kappa shape index (κ2) is 6.05. The van der Waals surface area contributed by atoms with Gasteiger partial charge in [-0.25, -0.2) is 14.8 Å². The number of aromatic nitrogens is 2. The molecule has 0 spiro atoms. The van der Waals surface area contributed by atoms with Crippen LogP contribution >= 0.6 is 0 Å². The smallest absolute Gasteiger partial charge is 0.335 e. The molecule has 0 radical (unpaired) electrons. The van der Waals surface area contributed by atoms with Gasteiger partial charge in [-0.15, -0.1) is 0 Å². The van der Waals surface area contributed by atoms with E-state index in [1.54, 1.807) is 36.7 Å². The van der Waals surface area contributed by atoms with E-state index < -0.39 is 5.97 Å². The molecule has 3 aromatic rings. The highest BCUT2D eigenvalue weighted by Crippen LogP contribution is 2.21. The van der Waals surface area contributed by atoms with Gasteiger partial charge < -0.3 is 9.84 Å². The Balaban J connectivity index is 1.77. The van der Waals surface area contributed by atoms with Crippen molar-refractivity contribution in [2.24, 2.45) is 0 Å². The number of benzene rings is 2. The summed E-state index contributed by atoms with van der Waals surface area (Å²) in [5, 5.41) is 8.88. The van der Waals surface area contributed by atoms with E-state index in [1.807, 2.05) is 30.3 Å². The molecule has 0 amide bonds. The number of carbonyl (C=O) groups is 1. The van der Waals surface area contributed by atoms with Gasteiger partial charge in [0.15, 0.2) is 0 Å².